The Hall–Kier alpha value is -2.33. The highest BCUT2D eigenvalue weighted by Crippen LogP contribution is 2.27. The van der Waals surface area contributed by atoms with Gasteiger partial charge in [-0.1, -0.05) is 48.9 Å². The highest BCUT2D eigenvalue weighted by atomic mass is 16.5. The van der Waals surface area contributed by atoms with Crippen molar-refractivity contribution in [2.45, 2.75) is 40.8 Å². The second-order valence-corrected chi connectivity index (χ2v) is 8.23. The Morgan fingerprint density at radius 2 is 1.71 bits per heavy atom. The van der Waals surface area contributed by atoms with Gasteiger partial charge in [-0.05, 0) is 62.0 Å². The van der Waals surface area contributed by atoms with Crippen LogP contribution in [0.5, 0.6) is 5.75 Å². The predicted octanol–water partition coefficient (Wildman–Crippen LogP) is 4.00. The molecule has 0 saturated carbocycles. The van der Waals surface area contributed by atoms with Crippen LogP contribution in [-0.2, 0) is 17.9 Å². The summed E-state index contributed by atoms with van der Waals surface area (Å²) in [5, 5.41) is 3.25. The number of nitrogens with zero attached hydrogens (tertiary/aromatic N) is 1. The van der Waals surface area contributed by atoms with Crippen LogP contribution in [0.1, 0.15) is 34.7 Å². The number of hydrogen-bond donors (Lipinski definition) is 1. The van der Waals surface area contributed by atoms with Crippen molar-refractivity contribution < 1.29 is 9.53 Å². The van der Waals surface area contributed by atoms with E-state index in [1.807, 2.05) is 18.9 Å². The van der Waals surface area contributed by atoms with Crippen molar-refractivity contribution in [3.63, 3.8) is 0 Å². The van der Waals surface area contributed by atoms with Crippen molar-refractivity contribution in [2.24, 2.45) is 11.8 Å². The molecule has 0 bridgehead atoms. The average Bonchev–Trinajstić information content (AvgIpc) is 2.60. The van der Waals surface area contributed by atoms with Crippen molar-refractivity contribution in [3.8, 4) is 5.75 Å². The van der Waals surface area contributed by atoms with Crippen LogP contribution in [0, 0.1) is 32.6 Å². The number of rotatable bonds is 7. The van der Waals surface area contributed by atoms with Crippen LogP contribution >= 0.6 is 0 Å². The summed E-state index contributed by atoms with van der Waals surface area (Å²) >= 11 is 0. The molecule has 1 saturated heterocycles. The Morgan fingerprint density at radius 3 is 2.25 bits per heavy atom. The zero-order valence-corrected chi connectivity index (χ0v) is 17.7. The summed E-state index contributed by atoms with van der Waals surface area (Å²) in [6, 6.07) is 12.7. The van der Waals surface area contributed by atoms with Crippen molar-refractivity contribution >= 4 is 5.91 Å². The van der Waals surface area contributed by atoms with Gasteiger partial charge < -0.3 is 15.0 Å². The first-order chi connectivity index (χ1) is 13.3. The summed E-state index contributed by atoms with van der Waals surface area (Å²) in [5.41, 5.74) is 5.78. The zero-order chi connectivity index (χ0) is 20.3. The lowest BCUT2D eigenvalue weighted by atomic mass is 9.88. The van der Waals surface area contributed by atoms with Gasteiger partial charge in [0.05, 0.1) is 0 Å². The van der Waals surface area contributed by atoms with Crippen molar-refractivity contribution in [1.82, 2.24) is 10.2 Å². The summed E-state index contributed by atoms with van der Waals surface area (Å²) in [6.07, 6.45) is 0. The first kappa shape index (κ1) is 20.4. The molecule has 1 heterocycles. The van der Waals surface area contributed by atoms with E-state index in [1.165, 1.54) is 11.1 Å². The molecule has 4 nitrogen and oxygen atoms in total. The summed E-state index contributed by atoms with van der Waals surface area (Å²) in [4.78, 5) is 14.5. The van der Waals surface area contributed by atoms with E-state index < -0.39 is 0 Å². The number of carbonyl (C=O) groups excluding carboxylic acids is 1. The summed E-state index contributed by atoms with van der Waals surface area (Å²) in [7, 11) is 1.90. The molecule has 0 aliphatic carbocycles. The van der Waals surface area contributed by atoms with Crippen LogP contribution in [0.25, 0.3) is 0 Å². The molecule has 1 atom stereocenters. The molecule has 28 heavy (non-hydrogen) atoms. The summed E-state index contributed by atoms with van der Waals surface area (Å²) < 4.78 is 6.11. The predicted molar refractivity (Wildman–Crippen MR) is 113 cm³/mol. The number of ether oxygens (including phenoxy) is 1. The lowest BCUT2D eigenvalue weighted by Gasteiger charge is -2.34. The molecular weight excluding hydrogens is 348 g/mol. The van der Waals surface area contributed by atoms with Crippen molar-refractivity contribution in [2.75, 3.05) is 20.1 Å². The van der Waals surface area contributed by atoms with Gasteiger partial charge in [0.15, 0.2) is 0 Å². The van der Waals surface area contributed by atoms with Gasteiger partial charge in [0, 0.05) is 19.5 Å². The van der Waals surface area contributed by atoms with Crippen LogP contribution in [-0.4, -0.2) is 30.9 Å². The van der Waals surface area contributed by atoms with Gasteiger partial charge in [-0.25, -0.2) is 0 Å². The van der Waals surface area contributed by atoms with Gasteiger partial charge in [-0.3, -0.25) is 4.79 Å². The first-order valence-corrected chi connectivity index (χ1v) is 10.1. The van der Waals surface area contributed by atoms with E-state index in [-0.39, 0.29) is 11.8 Å². The van der Waals surface area contributed by atoms with Crippen LogP contribution in [0.4, 0.5) is 0 Å². The molecule has 1 amide bonds. The molecule has 0 aromatic heterocycles. The van der Waals surface area contributed by atoms with Gasteiger partial charge in [0.25, 0.3) is 0 Å². The smallest absolute Gasteiger partial charge is 0.225 e. The Kier molecular flexibility index (Phi) is 6.40. The van der Waals surface area contributed by atoms with E-state index in [0.717, 1.165) is 35.5 Å². The maximum atomic E-state index is 12.7. The number of carbonyl (C=O) groups is 1. The number of benzene rings is 2. The number of aryl methyl sites for hydroxylation is 3. The topological polar surface area (TPSA) is 41.6 Å². The maximum Gasteiger partial charge on any atom is 0.225 e. The SMILES string of the molecule is Cc1ccc(COc2c(C)cc(CN(C)C(=O)C(C)C3CNC3)cc2C)cc1. The van der Waals surface area contributed by atoms with E-state index in [0.29, 0.717) is 19.1 Å². The zero-order valence-electron chi connectivity index (χ0n) is 17.7. The van der Waals surface area contributed by atoms with Crippen LogP contribution < -0.4 is 10.1 Å². The van der Waals surface area contributed by atoms with E-state index in [9.17, 15) is 4.79 Å². The molecule has 2 aromatic carbocycles. The van der Waals surface area contributed by atoms with Crippen molar-refractivity contribution in [1.29, 1.82) is 0 Å². The highest BCUT2D eigenvalue weighted by molar-refractivity contribution is 5.78. The molecular formula is C24H32N2O2. The lowest BCUT2D eigenvalue weighted by molar-refractivity contribution is -0.136. The van der Waals surface area contributed by atoms with Gasteiger partial charge >= 0.3 is 0 Å². The van der Waals surface area contributed by atoms with Crippen LogP contribution in [0.2, 0.25) is 0 Å². The molecule has 1 fully saturated rings. The monoisotopic (exact) mass is 380 g/mol. The maximum absolute atomic E-state index is 12.7. The molecule has 1 aliphatic heterocycles. The third-order valence-electron chi connectivity index (χ3n) is 5.73. The van der Waals surface area contributed by atoms with E-state index in [1.54, 1.807) is 0 Å². The third-order valence-corrected chi connectivity index (χ3v) is 5.73. The average molecular weight is 381 g/mol. The summed E-state index contributed by atoms with van der Waals surface area (Å²) in [6.45, 7) is 11.4. The molecule has 1 N–H and O–H groups in total. The van der Waals surface area contributed by atoms with Gasteiger partial charge in [0.1, 0.15) is 12.4 Å². The number of hydrogen-bond acceptors (Lipinski definition) is 3. The van der Waals surface area contributed by atoms with Gasteiger partial charge in [-0.15, -0.1) is 0 Å². The van der Waals surface area contributed by atoms with Crippen molar-refractivity contribution in [3.05, 3.63) is 64.2 Å². The second-order valence-electron chi connectivity index (χ2n) is 8.23. The lowest BCUT2D eigenvalue weighted by Crippen LogP contribution is -2.49. The third kappa shape index (κ3) is 4.74. The largest absolute Gasteiger partial charge is 0.488 e. The standard InChI is InChI=1S/C24H32N2O2/c1-16-6-8-20(9-7-16)15-28-23-17(2)10-21(11-18(23)3)14-26(5)24(27)19(4)22-12-25-13-22/h6-11,19,22,25H,12-15H2,1-5H3. The molecule has 4 heteroatoms. The highest BCUT2D eigenvalue weighted by Gasteiger charge is 2.30. The minimum Gasteiger partial charge on any atom is -0.488 e. The Morgan fingerprint density at radius 1 is 1.11 bits per heavy atom. The molecule has 1 aliphatic rings. The Balaban J connectivity index is 1.63. The van der Waals surface area contributed by atoms with Crippen LogP contribution in [0.15, 0.2) is 36.4 Å². The van der Waals surface area contributed by atoms with Crippen LogP contribution in [0.3, 0.4) is 0 Å². The quantitative estimate of drug-likeness (QED) is 0.789. The Labute approximate surface area is 168 Å². The molecule has 1 unspecified atom stereocenters. The minimum absolute atomic E-state index is 0.0746. The normalized spacial score (nSPS) is 15.0. The second kappa shape index (κ2) is 8.78. The number of amides is 1. The van der Waals surface area contributed by atoms with E-state index >= 15 is 0 Å². The van der Waals surface area contributed by atoms with Gasteiger partial charge in [-0.2, -0.15) is 0 Å². The fraction of sp³-hybridized carbons (Fsp3) is 0.458. The fourth-order valence-corrected chi connectivity index (χ4v) is 3.76. The molecule has 0 spiro atoms. The fourth-order valence-electron chi connectivity index (χ4n) is 3.76. The molecule has 2 aromatic rings. The number of nitrogens with one attached hydrogen (secondary N) is 1. The Bertz CT molecular complexity index is 802. The molecule has 0 radical (unpaired) electrons. The minimum atomic E-state index is 0.0746. The molecule has 150 valence electrons. The van der Waals surface area contributed by atoms with E-state index in [4.69, 9.17) is 4.74 Å². The first-order valence-electron chi connectivity index (χ1n) is 10.1. The summed E-state index contributed by atoms with van der Waals surface area (Å²) in [5.74, 6) is 1.70. The van der Waals surface area contributed by atoms with Gasteiger partial charge in [0.2, 0.25) is 5.91 Å². The molecule has 3 rings (SSSR count). The van der Waals surface area contributed by atoms with E-state index in [2.05, 4.69) is 62.5 Å².